The van der Waals surface area contributed by atoms with Crippen molar-refractivity contribution in [2.24, 2.45) is 0 Å². The topological polar surface area (TPSA) is 36.0 Å². The highest BCUT2D eigenvalue weighted by atomic mass is 16.5. The van der Waals surface area contributed by atoms with Crippen molar-refractivity contribution in [1.82, 2.24) is 14.7 Å². The number of likely N-dealkylation sites (N-methyl/N-ethyl adjacent to an activating group) is 1. The third kappa shape index (κ3) is 4.61. The van der Waals surface area contributed by atoms with Gasteiger partial charge >= 0.3 is 0 Å². The Kier molecular flexibility index (Phi) is 5.88. The lowest BCUT2D eigenvalue weighted by Gasteiger charge is -2.36. The minimum absolute atomic E-state index is 0.111. The monoisotopic (exact) mass is 243 g/mol. The van der Waals surface area contributed by atoms with E-state index in [2.05, 4.69) is 23.9 Å². The highest BCUT2D eigenvalue weighted by Crippen LogP contribution is 2.05. The van der Waals surface area contributed by atoms with Crippen LogP contribution in [0.3, 0.4) is 0 Å². The van der Waals surface area contributed by atoms with E-state index >= 15 is 0 Å². The molecule has 0 N–H and O–H groups in total. The number of carbonyl (C=O) groups is 1. The van der Waals surface area contributed by atoms with E-state index in [0.717, 1.165) is 39.3 Å². The van der Waals surface area contributed by atoms with Crippen LogP contribution in [0.4, 0.5) is 0 Å². The molecular weight excluding hydrogens is 218 g/mol. The molecule has 0 aromatic carbocycles. The molecule has 0 spiro atoms. The summed E-state index contributed by atoms with van der Waals surface area (Å²) in [4.78, 5) is 18.4. The maximum Gasteiger partial charge on any atom is 0.251 e. The third-order valence-corrected chi connectivity index (χ3v) is 3.25. The summed E-state index contributed by atoms with van der Waals surface area (Å²) < 4.78 is 5.06. The minimum atomic E-state index is -0.316. The van der Waals surface area contributed by atoms with Crippen molar-refractivity contribution in [1.29, 1.82) is 0 Å². The van der Waals surface area contributed by atoms with Gasteiger partial charge in [-0.05, 0) is 21.0 Å². The molecule has 1 atom stereocenters. The van der Waals surface area contributed by atoms with Crippen molar-refractivity contribution in [3.63, 3.8) is 0 Å². The zero-order valence-corrected chi connectivity index (χ0v) is 11.5. The summed E-state index contributed by atoms with van der Waals surface area (Å²) in [5.74, 6) is 0.111. The fourth-order valence-corrected chi connectivity index (χ4v) is 1.89. The van der Waals surface area contributed by atoms with Crippen LogP contribution in [-0.2, 0) is 9.53 Å². The van der Waals surface area contributed by atoms with Crippen LogP contribution in [0.5, 0.6) is 0 Å². The Hall–Kier alpha value is -0.650. The second-order valence-corrected chi connectivity index (χ2v) is 4.85. The van der Waals surface area contributed by atoms with Gasteiger partial charge in [-0.25, -0.2) is 0 Å². The van der Waals surface area contributed by atoms with Gasteiger partial charge in [0.25, 0.3) is 5.91 Å². The lowest BCUT2D eigenvalue weighted by Crippen LogP contribution is -2.52. The molecule has 1 heterocycles. The van der Waals surface area contributed by atoms with Gasteiger partial charge in [0.15, 0.2) is 0 Å². The summed E-state index contributed by atoms with van der Waals surface area (Å²) in [5, 5.41) is 0. The van der Waals surface area contributed by atoms with Crippen LogP contribution >= 0.6 is 0 Å². The minimum Gasteiger partial charge on any atom is -0.372 e. The second kappa shape index (κ2) is 6.93. The highest BCUT2D eigenvalue weighted by Gasteiger charge is 2.24. The average Bonchev–Trinajstić information content (AvgIpc) is 2.35. The van der Waals surface area contributed by atoms with E-state index in [1.54, 1.807) is 14.0 Å². The average molecular weight is 243 g/mol. The molecule has 17 heavy (non-hydrogen) atoms. The van der Waals surface area contributed by atoms with Gasteiger partial charge in [0.1, 0.15) is 6.10 Å². The molecule has 1 aliphatic rings. The van der Waals surface area contributed by atoms with E-state index in [0.29, 0.717) is 0 Å². The largest absolute Gasteiger partial charge is 0.372 e. The SMILES string of the molecule is COC(C)C(=O)N1CCN(CCN(C)C)CC1. The van der Waals surface area contributed by atoms with Gasteiger partial charge in [0, 0.05) is 46.4 Å². The molecule has 100 valence electrons. The first-order valence-corrected chi connectivity index (χ1v) is 6.23. The molecule has 0 radical (unpaired) electrons. The molecule has 0 aromatic rings. The number of ether oxygens (including phenoxy) is 1. The van der Waals surface area contributed by atoms with Crippen LogP contribution in [0, 0.1) is 0 Å². The lowest BCUT2D eigenvalue weighted by molar-refractivity contribution is -0.142. The Morgan fingerprint density at radius 3 is 2.35 bits per heavy atom. The van der Waals surface area contributed by atoms with E-state index < -0.39 is 0 Å². The van der Waals surface area contributed by atoms with Gasteiger partial charge in [0.05, 0.1) is 0 Å². The van der Waals surface area contributed by atoms with Crippen molar-refractivity contribution in [2.75, 3.05) is 60.5 Å². The van der Waals surface area contributed by atoms with Crippen LogP contribution in [-0.4, -0.2) is 87.2 Å². The molecule has 0 saturated carbocycles. The summed E-state index contributed by atoms with van der Waals surface area (Å²) >= 11 is 0. The number of piperazine rings is 1. The Morgan fingerprint density at radius 2 is 1.88 bits per heavy atom. The van der Waals surface area contributed by atoms with Gasteiger partial charge in [0.2, 0.25) is 0 Å². The maximum atomic E-state index is 11.9. The van der Waals surface area contributed by atoms with E-state index in [1.165, 1.54) is 0 Å². The molecule has 1 amide bonds. The molecular formula is C12H25N3O2. The highest BCUT2D eigenvalue weighted by molar-refractivity contribution is 5.80. The summed E-state index contributed by atoms with van der Waals surface area (Å²) in [7, 11) is 5.75. The molecule has 1 rings (SSSR count). The Bertz CT molecular complexity index is 238. The van der Waals surface area contributed by atoms with Crippen LogP contribution in [0.25, 0.3) is 0 Å². The van der Waals surface area contributed by atoms with E-state index in [4.69, 9.17) is 4.74 Å². The van der Waals surface area contributed by atoms with Crippen molar-refractivity contribution < 1.29 is 9.53 Å². The Labute approximate surface area is 104 Å². The zero-order valence-electron chi connectivity index (χ0n) is 11.5. The fraction of sp³-hybridized carbons (Fsp3) is 0.917. The summed E-state index contributed by atoms with van der Waals surface area (Å²) in [6.07, 6.45) is -0.316. The number of rotatable bonds is 5. The summed E-state index contributed by atoms with van der Waals surface area (Å²) in [6, 6.07) is 0. The third-order valence-electron chi connectivity index (χ3n) is 3.25. The molecule has 0 bridgehead atoms. The maximum absolute atomic E-state index is 11.9. The number of amides is 1. The number of carbonyl (C=O) groups excluding carboxylic acids is 1. The molecule has 0 aromatic heterocycles. The molecule has 1 aliphatic heterocycles. The van der Waals surface area contributed by atoms with Crippen LogP contribution in [0.1, 0.15) is 6.92 Å². The fourth-order valence-electron chi connectivity index (χ4n) is 1.89. The number of nitrogens with zero attached hydrogens (tertiary/aromatic N) is 3. The van der Waals surface area contributed by atoms with Gasteiger partial charge in [-0.1, -0.05) is 0 Å². The van der Waals surface area contributed by atoms with Gasteiger partial charge < -0.3 is 14.5 Å². The molecule has 1 unspecified atom stereocenters. The quantitative estimate of drug-likeness (QED) is 0.666. The van der Waals surface area contributed by atoms with Gasteiger partial charge in [-0.15, -0.1) is 0 Å². The molecule has 1 fully saturated rings. The van der Waals surface area contributed by atoms with Crippen molar-refractivity contribution >= 4 is 5.91 Å². The Morgan fingerprint density at radius 1 is 1.29 bits per heavy atom. The first-order valence-electron chi connectivity index (χ1n) is 6.23. The molecule has 5 nitrogen and oxygen atoms in total. The first-order chi connectivity index (χ1) is 8.04. The zero-order chi connectivity index (χ0) is 12.8. The van der Waals surface area contributed by atoms with E-state index in [1.807, 2.05) is 4.90 Å². The van der Waals surface area contributed by atoms with Gasteiger partial charge in [-0.2, -0.15) is 0 Å². The Balaban J connectivity index is 2.28. The second-order valence-electron chi connectivity index (χ2n) is 4.85. The normalized spacial score (nSPS) is 19.7. The van der Waals surface area contributed by atoms with Crippen molar-refractivity contribution in [3.8, 4) is 0 Å². The van der Waals surface area contributed by atoms with Crippen molar-refractivity contribution in [3.05, 3.63) is 0 Å². The molecule has 0 aliphatic carbocycles. The predicted molar refractivity (Wildman–Crippen MR) is 68.0 cm³/mol. The van der Waals surface area contributed by atoms with Crippen LogP contribution < -0.4 is 0 Å². The van der Waals surface area contributed by atoms with Crippen LogP contribution in [0.2, 0.25) is 0 Å². The van der Waals surface area contributed by atoms with E-state index in [-0.39, 0.29) is 12.0 Å². The van der Waals surface area contributed by atoms with Crippen LogP contribution in [0.15, 0.2) is 0 Å². The lowest BCUT2D eigenvalue weighted by atomic mass is 10.2. The number of methoxy groups -OCH3 is 1. The summed E-state index contributed by atoms with van der Waals surface area (Å²) in [5.41, 5.74) is 0. The van der Waals surface area contributed by atoms with E-state index in [9.17, 15) is 4.79 Å². The van der Waals surface area contributed by atoms with Crippen molar-refractivity contribution in [2.45, 2.75) is 13.0 Å². The summed E-state index contributed by atoms with van der Waals surface area (Å²) in [6.45, 7) is 7.53. The molecule has 1 saturated heterocycles. The number of hydrogen-bond donors (Lipinski definition) is 0. The first kappa shape index (κ1) is 14.4. The smallest absolute Gasteiger partial charge is 0.251 e. The predicted octanol–water partition coefficient (Wildman–Crippen LogP) is -0.273. The standard InChI is InChI=1S/C12H25N3O2/c1-11(17-4)12(16)15-9-7-14(8-10-15)6-5-13(2)3/h11H,5-10H2,1-4H3. The molecule has 5 heteroatoms. The van der Waals surface area contributed by atoms with Gasteiger partial charge in [-0.3, -0.25) is 9.69 Å². The number of hydrogen-bond acceptors (Lipinski definition) is 4.